The molecule has 2 heteroatoms. The summed E-state index contributed by atoms with van der Waals surface area (Å²) in [6.45, 7) is 1.17. The van der Waals surface area contributed by atoms with Crippen molar-refractivity contribution in [2.45, 2.75) is 57.0 Å². The molecule has 0 aromatic heterocycles. The second kappa shape index (κ2) is 6.41. The minimum Gasteiger partial charge on any atom is -0.292 e. The lowest BCUT2D eigenvalue weighted by Crippen LogP contribution is -2.48. The molecule has 20 heavy (non-hydrogen) atoms. The van der Waals surface area contributed by atoms with Gasteiger partial charge in [0, 0.05) is 12.1 Å². The predicted molar refractivity (Wildman–Crippen MR) is 81.1 cm³/mol. The summed E-state index contributed by atoms with van der Waals surface area (Å²) in [7, 11) is 0. The third-order valence-electron chi connectivity index (χ3n) is 5.16. The molecule has 1 aliphatic carbocycles. The van der Waals surface area contributed by atoms with Crippen LogP contribution in [-0.2, 0) is 0 Å². The van der Waals surface area contributed by atoms with E-state index in [1.165, 1.54) is 50.6 Å². The van der Waals surface area contributed by atoms with E-state index in [4.69, 9.17) is 0 Å². The van der Waals surface area contributed by atoms with Crippen LogP contribution in [0.4, 0.5) is 0 Å². The summed E-state index contributed by atoms with van der Waals surface area (Å²) in [5.41, 5.74) is 1.32. The number of fused-ring (bicyclic) bond motifs is 1. The van der Waals surface area contributed by atoms with Crippen molar-refractivity contribution >= 4 is 0 Å². The Morgan fingerprint density at radius 2 is 1.85 bits per heavy atom. The minimum atomic E-state index is 0.298. The Balaban J connectivity index is 1.84. The zero-order valence-corrected chi connectivity index (χ0v) is 12.2. The van der Waals surface area contributed by atoms with Gasteiger partial charge in [-0.05, 0) is 43.7 Å². The molecule has 1 saturated heterocycles. The fraction of sp³-hybridized carbons (Fsp3) is 0.611. The molecule has 0 N–H and O–H groups in total. The van der Waals surface area contributed by atoms with Gasteiger partial charge in [0.15, 0.2) is 0 Å². The second-order valence-electron chi connectivity index (χ2n) is 6.28. The number of benzene rings is 1. The van der Waals surface area contributed by atoms with Crippen LogP contribution >= 0.6 is 0 Å². The molecule has 2 fully saturated rings. The van der Waals surface area contributed by atoms with E-state index < -0.39 is 0 Å². The molecule has 0 spiro atoms. The lowest BCUT2D eigenvalue weighted by molar-refractivity contribution is 0.0262. The van der Waals surface area contributed by atoms with Crippen LogP contribution in [-0.4, -0.2) is 17.5 Å². The molecule has 0 radical (unpaired) electrons. The van der Waals surface area contributed by atoms with E-state index in [2.05, 4.69) is 41.3 Å². The van der Waals surface area contributed by atoms with Crippen LogP contribution in [0.15, 0.2) is 30.3 Å². The zero-order valence-electron chi connectivity index (χ0n) is 12.2. The van der Waals surface area contributed by atoms with Crippen molar-refractivity contribution in [2.75, 3.05) is 6.54 Å². The van der Waals surface area contributed by atoms with Gasteiger partial charge < -0.3 is 0 Å². The Hall–Kier alpha value is -1.33. The van der Waals surface area contributed by atoms with E-state index in [0.29, 0.717) is 12.5 Å². The summed E-state index contributed by atoms with van der Waals surface area (Å²) in [5.74, 6) is 0.877. The van der Waals surface area contributed by atoms with Crippen LogP contribution < -0.4 is 0 Å². The van der Waals surface area contributed by atoms with E-state index in [1.54, 1.807) is 0 Å². The summed E-state index contributed by atoms with van der Waals surface area (Å²) in [6, 6.07) is 14.1. The van der Waals surface area contributed by atoms with Crippen molar-refractivity contribution in [3.63, 3.8) is 0 Å². The van der Waals surface area contributed by atoms with Gasteiger partial charge in [-0.2, -0.15) is 5.26 Å². The Bertz CT molecular complexity index is 460. The Morgan fingerprint density at radius 1 is 1.10 bits per heavy atom. The molecule has 1 aromatic carbocycles. The van der Waals surface area contributed by atoms with Crippen LogP contribution in [0.5, 0.6) is 0 Å². The molecule has 3 rings (SSSR count). The van der Waals surface area contributed by atoms with Crippen LogP contribution in [0.25, 0.3) is 0 Å². The molecule has 0 bridgehead atoms. The van der Waals surface area contributed by atoms with Gasteiger partial charge in [-0.25, -0.2) is 0 Å². The van der Waals surface area contributed by atoms with E-state index in [9.17, 15) is 5.26 Å². The zero-order chi connectivity index (χ0) is 13.8. The molecule has 1 saturated carbocycles. The van der Waals surface area contributed by atoms with Crippen LogP contribution in [0, 0.1) is 17.2 Å². The van der Waals surface area contributed by atoms with Crippen LogP contribution in [0.1, 0.15) is 56.6 Å². The largest absolute Gasteiger partial charge is 0.292 e. The highest BCUT2D eigenvalue weighted by Gasteiger charge is 2.36. The molecule has 0 amide bonds. The summed E-state index contributed by atoms with van der Waals surface area (Å²) >= 11 is 0. The molecular formula is C18H24N2. The molecule has 1 aromatic rings. The number of likely N-dealkylation sites (tertiary alicyclic amines) is 1. The number of nitrogens with zero attached hydrogens (tertiary/aromatic N) is 2. The molecule has 2 nitrogen and oxygen atoms in total. The number of rotatable bonds is 3. The molecule has 106 valence electrons. The van der Waals surface area contributed by atoms with Crippen molar-refractivity contribution in [1.29, 1.82) is 5.26 Å². The smallest absolute Gasteiger partial charge is 0.0641 e. The third-order valence-corrected chi connectivity index (χ3v) is 5.16. The van der Waals surface area contributed by atoms with E-state index in [-0.39, 0.29) is 0 Å². The van der Waals surface area contributed by atoms with Gasteiger partial charge in [0.2, 0.25) is 0 Å². The first-order valence-corrected chi connectivity index (χ1v) is 8.08. The van der Waals surface area contributed by atoms with Crippen molar-refractivity contribution in [2.24, 2.45) is 5.92 Å². The highest BCUT2D eigenvalue weighted by Crippen LogP contribution is 2.40. The van der Waals surface area contributed by atoms with Gasteiger partial charge in [0.25, 0.3) is 0 Å². The summed E-state index contributed by atoms with van der Waals surface area (Å²) < 4.78 is 0. The first-order valence-electron chi connectivity index (χ1n) is 8.08. The monoisotopic (exact) mass is 268 g/mol. The lowest BCUT2D eigenvalue weighted by Gasteiger charge is -2.47. The van der Waals surface area contributed by atoms with Gasteiger partial charge in [-0.15, -0.1) is 0 Å². The van der Waals surface area contributed by atoms with Gasteiger partial charge in [-0.1, -0.05) is 43.2 Å². The van der Waals surface area contributed by atoms with Gasteiger partial charge in [0.05, 0.1) is 12.5 Å². The summed E-state index contributed by atoms with van der Waals surface area (Å²) in [5, 5.41) is 9.25. The fourth-order valence-electron chi connectivity index (χ4n) is 4.24. The number of nitriles is 1. The Labute approximate surface area is 122 Å². The Kier molecular flexibility index (Phi) is 4.38. The van der Waals surface area contributed by atoms with Crippen molar-refractivity contribution in [1.82, 2.24) is 4.90 Å². The number of hydrogen-bond donors (Lipinski definition) is 0. The average molecular weight is 268 g/mol. The quantitative estimate of drug-likeness (QED) is 0.817. The molecule has 1 aliphatic heterocycles. The third kappa shape index (κ3) is 2.74. The molecule has 1 heterocycles. The summed E-state index contributed by atoms with van der Waals surface area (Å²) in [4.78, 5) is 2.66. The van der Waals surface area contributed by atoms with Gasteiger partial charge in [-0.3, -0.25) is 4.90 Å². The first-order chi connectivity index (χ1) is 9.90. The number of piperidine rings is 1. The molecular weight excluding hydrogens is 244 g/mol. The highest BCUT2D eigenvalue weighted by atomic mass is 15.2. The molecule has 3 atom stereocenters. The minimum absolute atomic E-state index is 0.298. The standard InChI is InChI=1S/C18H24N2/c19-13-12-18(15-7-2-1-3-8-15)20-14-6-10-16-9-4-5-11-17(16)20/h1-3,7-8,16-18H,4-6,9-12,14H2. The van der Waals surface area contributed by atoms with Crippen molar-refractivity contribution in [3.8, 4) is 6.07 Å². The highest BCUT2D eigenvalue weighted by molar-refractivity contribution is 5.20. The Morgan fingerprint density at radius 3 is 2.65 bits per heavy atom. The topological polar surface area (TPSA) is 27.0 Å². The van der Waals surface area contributed by atoms with Crippen molar-refractivity contribution in [3.05, 3.63) is 35.9 Å². The van der Waals surface area contributed by atoms with Gasteiger partial charge in [0.1, 0.15) is 0 Å². The normalized spacial score (nSPS) is 28.4. The predicted octanol–water partition coefficient (Wildman–Crippen LogP) is 4.30. The van der Waals surface area contributed by atoms with E-state index in [0.717, 1.165) is 12.0 Å². The van der Waals surface area contributed by atoms with Crippen molar-refractivity contribution < 1.29 is 0 Å². The summed E-state index contributed by atoms with van der Waals surface area (Å²) in [6.07, 6.45) is 8.82. The van der Waals surface area contributed by atoms with E-state index in [1.807, 2.05) is 0 Å². The van der Waals surface area contributed by atoms with Crippen LogP contribution in [0.2, 0.25) is 0 Å². The lowest BCUT2D eigenvalue weighted by atomic mass is 9.77. The maximum Gasteiger partial charge on any atom is 0.0641 e. The molecule has 3 unspecified atom stereocenters. The van der Waals surface area contributed by atoms with Gasteiger partial charge >= 0.3 is 0 Å². The maximum atomic E-state index is 9.25. The number of hydrogen-bond acceptors (Lipinski definition) is 2. The van der Waals surface area contributed by atoms with Crippen LogP contribution in [0.3, 0.4) is 0 Å². The SMILES string of the molecule is N#CCC(c1ccccc1)N1CCCC2CCCCC21. The second-order valence-corrected chi connectivity index (χ2v) is 6.28. The molecule has 2 aliphatic rings. The maximum absolute atomic E-state index is 9.25. The van der Waals surface area contributed by atoms with E-state index >= 15 is 0 Å². The fourth-order valence-corrected chi connectivity index (χ4v) is 4.24. The average Bonchev–Trinajstić information content (AvgIpc) is 2.53. The first kappa shape index (κ1) is 13.6.